The fourth-order valence-electron chi connectivity index (χ4n) is 3.58. The number of ether oxygens (including phenoxy) is 2. The molecule has 0 aromatic heterocycles. The number of rotatable bonds is 6. The average Bonchev–Trinajstić information content (AvgIpc) is 2.50. The molecule has 3 aliphatic carbocycles. The Labute approximate surface area is 144 Å². The van der Waals surface area contributed by atoms with Gasteiger partial charge in [-0.3, -0.25) is 4.79 Å². The van der Waals surface area contributed by atoms with Gasteiger partial charge >= 0.3 is 11.9 Å². The molecular weight excluding hydrogens is 364 g/mol. The van der Waals surface area contributed by atoms with Gasteiger partial charge in [-0.05, 0) is 37.6 Å². The summed E-state index contributed by atoms with van der Waals surface area (Å²) < 4.78 is 10.9. The zero-order chi connectivity index (χ0) is 17.1. The molecule has 0 heterocycles. The van der Waals surface area contributed by atoms with E-state index in [1.54, 1.807) is 13.8 Å². The van der Waals surface area contributed by atoms with Gasteiger partial charge in [-0.1, -0.05) is 22.5 Å². The molecule has 0 aromatic rings. The first-order chi connectivity index (χ1) is 10.9. The monoisotopic (exact) mass is 384 g/mol. The van der Waals surface area contributed by atoms with Crippen molar-refractivity contribution in [1.82, 2.24) is 0 Å². The van der Waals surface area contributed by atoms with Gasteiger partial charge in [0.25, 0.3) is 0 Å². The first-order valence-corrected chi connectivity index (χ1v) is 8.66. The van der Waals surface area contributed by atoms with Crippen LogP contribution >= 0.6 is 15.9 Å². The van der Waals surface area contributed by atoms with Gasteiger partial charge in [0.2, 0.25) is 0 Å². The highest BCUT2D eigenvalue weighted by molar-refractivity contribution is 9.11. The molecule has 0 aliphatic heterocycles. The minimum Gasteiger partial charge on any atom is -0.463 e. The molecule has 3 atom stereocenters. The van der Waals surface area contributed by atoms with Crippen LogP contribution in [0, 0.1) is 17.8 Å². The fraction of sp³-hybridized carbons (Fsp3) is 0.588. The zero-order valence-corrected chi connectivity index (χ0v) is 15.0. The van der Waals surface area contributed by atoms with E-state index in [1.807, 2.05) is 0 Å². The Hall–Kier alpha value is -1.43. The highest BCUT2D eigenvalue weighted by Gasteiger charge is 2.52. The molecule has 2 bridgehead atoms. The number of ketones is 1. The van der Waals surface area contributed by atoms with E-state index in [4.69, 9.17) is 9.47 Å². The Morgan fingerprint density at radius 3 is 2.22 bits per heavy atom. The molecule has 0 unspecified atom stereocenters. The molecule has 0 radical (unpaired) electrons. The normalized spacial score (nSPS) is 26.2. The number of esters is 2. The van der Waals surface area contributed by atoms with Gasteiger partial charge in [-0.15, -0.1) is 0 Å². The van der Waals surface area contributed by atoms with Gasteiger partial charge in [0.1, 0.15) is 5.78 Å². The molecule has 1 fully saturated rings. The third kappa shape index (κ3) is 3.42. The number of hydrogen-bond acceptors (Lipinski definition) is 5. The summed E-state index contributed by atoms with van der Waals surface area (Å²) in [5.41, 5.74) is 0.544. The number of fused-ring (bicyclic) bond motifs is 2. The molecule has 1 saturated carbocycles. The van der Waals surface area contributed by atoms with Crippen LogP contribution in [0.3, 0.4) is 0 Å². The molecule has 6 heteroatoms. The summed E-state index contributed by atoms with van der Waals surface area (Å²) >= 11 is 3.30. The summed E-state index contributed by atoms with van der Waals surface area (Å²) in [6, 6.07) is 0. The van der Waals surface area contributed by atoms with E-state index in [1.165, 1.54) is 0 Å². The molecule has 23 heavy (non-hydrogen) atoms. The van der Waals surface area contributed by atoms with Crippen molar-refractivity contribution in [2.45, 2.75) is 33.1 Å². The van der Waals surface area contributed by atoms with E-state index in [0.717, 1.165) is 0 Å². The largest absolute Gasteiger partial charge is 0.463 e. The minimum atomic E-state index is -0.574. The minimum absolute atomic E-state index is 0.00190. The predicted molar refractivity (Wildman–Crippen MR) is 87.7 cm³/mol. The van der Waals surface area contributed by atoms with Crippen LogP contribution < -0.4 is 0 Å². The first-order valence-electron chi connectivity index (χ1n) is 7.87. The fourth-order valence-corrected chi connectivity index (χ4v) is 3.93. The third-order valence-corrected chi connectivity index (χ3v) is 4.73. The van der Waals surface area contributed by atoms with Crippen molar-refractivity contribution in [2.24, 2.45) is 17.8 Å². The van der Waals surface area contributed by atoms with Crippen LogP contribution in [0.4, 0.5) is 0 Å². The van der Waals surface area contributed by atoms with E-state index in [-0.39, 0.29) is 36.4 Å². The maximum Gasteiger partial charge on any atom is 0.335 e. The zero-order valence-electron chi connectivity index (χ0n) is 13.4. The van der Waals surface area contributed by atoms with Crippen LogP contribution in [-0.2, 0) is 23.9 Å². The molecule has 0 saturated heterocycles. The standard InChI is InChI=1S/C17H21BrO5/c1-4-22-16(20)13-10-6-7-11(14(13)17(21)23-5-2)15(19)12(10)8-9(3)18/h10-12H,3-8H2,1-2H3/t10-,11-,12-/m0/s1. The Balaban J connectivity index is 2.49. The summed E-state index contributed by atoms with van der Waals surface area (Å²) in [6.45, 7) is 7.63. The van der Waals surface area contributed by atoms with E-state index < -0.39 is 17.9 Å². The summed E-state index contributed by atoms with van der Waals surface area (Å²) in [6.07, 6.45) is 1.73. The topological polar surface area (TPSA) is 69.7 Å². The van der Waals surface area contributed by atoms with Crippen LogP contribution in [0.15, 0.2) is 22.2 Å². The van der Waals surface area contributed by atoms with Crippen molar-refractivity contribution >= 4 is 33.7 Å². The lowest BCUT2D eigenvalue weighted by atomic mass is 9.60. The first kappa shape index (κ1) is 17.9. The van der Waals surface area contributed by atoms with Gasteiger partial charge in [-0.25, -0.2) is 9.59 Å². The molecule has 0 N–H and O–H groups in total. The van der Waals surface area contributed by atoms with Crippen LogP contribution in [0.25, 0.3) is 0 Å². The number of carbonyl (C=O) groups is 3. The summed E-state index contributed by atoms with van der Waals surface area (Å²) in [5, 5.41) is 0. The average molecular weight is 385 g/mol. The van der Waals surface area contributed by atoms with Crippen LogP contribution in [0.2, 0.25) is 0 Å². The summed E-state index contributed by atoms with van der Waals surface area (Å²) in [7, 11) is 0. The number of carbonyl (C=O) groups excluding carboxylic acids is 3. The van der Waals surface area contributed by atoms with E-state index in [2.05, 4.69) is 22.5 Å². The lowest BCUT2D eigenvalue weighted by Gasteiger charge is -2.42. The Kier molecular flexibility index (Phi) is 5.79. The van der Waals surface area contributed by atoms with Crippen molar-refractivity contribution in [3.63, 3.8) is 0 Å². The van der Waals surface area contributed by atoms with Gasteiger partial charge in [0, 0.05) is 11.8 Å². The van der Waals surface area contributed by atoms with Gasteiger partial charge in [-0.2, -0.15) is 0 Å². The molecule has 0 amide bonds. The predicted octanol–water partition coefficient (Wildman–Crippen LogP) is 2.93. The number of hydrogen-bond donors (Lipinski definition) is 0. The second kappa shape index (κ2) is 7.43. The molecular formula is C17H21BrO5. The smallest absolute Gasteiger partial charge is 0.335 e. The molecule has 0 spiro atoms. The van der Waals surface area contributed by atoms with Crippen molar-refractivity contribution < 1.29 is 23.9 Å². The molecule has 3 aliphatic rings. The Morgan fingerprint density at radius 2 is 1.70 bits per heavy atom. The highest BCUT2D eigenvalue weighted by Crippen LogP contribution is 2.49. The van der Waals surface area contributed by atoms with Crippen LogP contribution in [0.5, 0.6) is 0 Å². The number of allylic oxidation sites excluding steroid dienone is 1. The second-order valence-electron chi connectivity index (χ2n) is 5.73. The summed E-state index contributed by atoms with van der Waals surface area (Å²) in [4.78, 5) is 37.4. The number of Topliss-reactive ketones (excluding diaryl/α,β-unsaturated/α-hetero) is 1. The van der Waals surface area contributed by atoms with E-state index >= 15 is 0 Å². The Bertz CT molecular complexity index is 578. The number of halogens is 1. The molecule has 0 aromatic carbocycles. The van der Waals surface area contributed by atoms with E-state index in [9.17, 15) is 14.4 Å². The van der Waals surface area contributed by atoms with Gasteiger partial charge in [0.15, 0.2) is 0 Å². The Morgan fingerprint density at radius 1 is 1.13 bits per heavy atom. The lowest BCUT2D eigenvalue weighted by molar-refractivity contribution is -0.147. The van der Waals surface area contributed by atoms with Gasteiger partial charge in [0.05, 0.1) is 30.3 Å². The van der Waals surface area contributed by atoms with Crippen molar-refractivity contribution in [3.8, 4) is 0 Å². The highest BCUT2D eigenvalue weighted by atomic mass is 79.9. The van der Waals surface area contributed by atoms with Crippen molar-refractivity contribution in [1.29, 1.82) is 0 Å². The lowest BCUT2D eigenvalue weighted by Crippen LogP contribution is -2.46. The quantitative estimate of drug-likeness (QED) is 0.658. The molecule has 3 rings (SSSR count). The van der Waals surface area contributed by atoms with Crippen molar-refractivity contribution in [3.05, 3.63) is 22.2 Å². The maximum absolute atomic E-state index is 12.7. The second-order valence-corrected chi connectivity index (χ2v) is 6.86. The van der Waals surface area contributed by atoms with Crippen LogP contribution in [0.1, 0.15) is 33.1 Å². The van der Waals surface area contributed by atoms with E-state index in [0.29, 0.717) is 29.3 Å². The maximum atomic E-state index is 12.7. The van der Waals surface area contributed by atoms with Crippen LogP contribution in [-0.4, -0.2) is 30.9 Å². The third-order valence-electron chi connectivity index (χ3n) is 4.40. The van der Waals surface area contributed by atoms with Crippen molar-refractivity contribution in [2.75, 3.05) is 13.2 Å². The molecule has 5 nitrogen and oxygen atoms in total. The molecule has 126 valence electrons. The summed E-state index contributed by atoms with van der Waals surface area (Å²) in [5.74, 6) is -2.30. The van der Waals surface area contributed by atoms with Gasteiger partial charge < -0.3 is 9.47 Å². The SMILES string of the molecule is C=C(Br)C[C@@H]1C(=O)[C@H]2CC[C@@H]1C(C(=O)OCC)=C2C(=O)OCC.